The second-order valence-corrected chi connectivity index (χ2v) is 6.12. The van der Waals surface area contributed by atoms with Crippen molar-refractivity contribution in [3.05, 3.63) is 41.3 Å². The van der Waals surface area contributed by atoms with Gasteiger partial charge in [0.05, 0.1) is 13.2 Å². The normalized spacial score (nSPS) is 17.5. The standard InChI is InChI=1S/C17H19N7O2/c1-10-7-15(18-2)20-16(19-10)14-9-26-6-5-24(14)17(25)11-3-4-12-13(8-11)22-23-21-12/h3-4,7-8,14H,5-6,9H2,1-2H3,(H,18,19,20)(H,21,22,23)/t14-/m1/s1. The molecule has 0 radical (unpaired) electrons. The number of fused-ring (bicyclic) bond motifs is 1. The number of nitrogens with zero attached hydrogens (tertiary/aromatic N) is 5. The number of morpholine rings is 1. The number of carbonyl (C=O) groups is 1. The minimum atomic E-state index is -0.337. The summed E-state index contributed by atoms with van der Waals surface area (Å²) in [7, 11) is 1.80. The molecule has 1 saturated heterocycles. The van der Waals surface area contributed by atoms with Gasteiger partial charge in [0, 0.05) is 30.9 Å². The van der Waals surface area contributed by atoms with Crippen LogP contribution in [0.3, 0.4) is 0 Å². The Morgan fingerprint density at radius 2 is 2.12 bits per heavy atom. The number of carbonyl (C=O) groups excluding carboxylic acids is 1. The van der Waals surface area contributed by atoms with Crippen molar-refractivity contribution in [2.24, 2.45) is 0 Å². The van der Waals surface area contributed by atoms with Crippen molar-refractivity contribution in [2.75, 3.05) is 32.1 Å². The molecule has 2 aromatic heterocycles. The predicted octanol–water partition coefficient (Wildman–Crippen LogP) is 1.31. The highest BCUT2D eigenvalue weighted by Gasteiger charge is 2.32. The number of amides is 1. The van der Waals surface area contributed by atoms with E-state index in [0.717, 1.165) is 17.0 Å². The van der Waals surface area contributed by atoms with Crippen LogP contribution in [0.4, 0.5) is 5.82 Å². The van der Waals surface area contributed by atoms with E-state index in [1.807, 2.05) is 13.0 Å². The van der Waals surface area contributed by atoms with Gasteiger partial charge in [0.25, 0.3) is 5.91 Å². The third kappa shape index (κ3) is 2.97. The van der Waals surface area contributed by atoms with Crippen molar-refractivity contribution in [3.63, 3.8) is 0 Å². The smallest absolute Gasteiger partial charge is 0.254 e. The number of hydrogen-bond donors (Lipinski definition) is 2. The summed E-state index contributed by atoms with van der Waals surface area (Å²) in [6.45, 7) is 3.23. The first-order chi connectivity index (χ1) is 12.7. The van der Waals surface area contributed by atoms with Crippen molar-refractivity contribution in [2.45, 2.75) is 13.0 Å². The number of aromatic amines is 1. The number of rotatable bonds is 3. The molecule has 2 N–H and O–H groups in total. The summed E-state index contributed by atoms with van der Waals surface area (Å²) < 4.78 is 5.60. The van der Waals surface area contributed by atoms with Crippen LogP contribution in [0.15, 0.2) is 24.3 Å². The number of anilines is 1. The van der Waals surface area contributed by atoms with Crippen LogP contribution in [0.5, 0.6) is 0 Å². The molecule has 1 aliphatic heterocycles. The Balaban J connectivity index is 1.68. The quantitative estimate of drug-likeness (QED) is 0.731. The molecule has 1 aromatic carbocycles. The van der Waals surface area contributed by atoms with Gasteiger partial charge in [-0.2, -0.15) is 15.4 Å². The molecule has 1 atom stereocenters. The van der Waals surface area contributed by atoms with Crippen molar-refractivity contribution in [1.82, 2.24) is 30.3 Å². The molecule has 0 bridgehead atoms. The minimum Gasteiger partial charge on any atom is -0.377 e. The number of nitrogens with one attached hydrogen (secondary N) is 2. The molecular weight excluding hydrogens is 334 g/mol. The highest BCUT2D eigenvalue weighted by molar-refractivity contribution is 5.97. The van der Waals surface area contributed by atoms with Gasteiger partial charge in [-0.25, -0.2) is 9.97 Å². The van der Waals surface area contributed by atoms with Gasteiger partial charge >= 0.3 is 0 Å². The van der Waals surface area contributed by atoms with Crippen molar-refractivity contribution in [1.29, 1.82) is 0 Å². The van der Waals surface area contributed by atoms with Crippen LogP contribution in [0.25, 0.3) is 11.0 Å². The molecule has 0 spiro atoms. The maximum absolute atomic E-state index is 13.1. The van der Waals surface area contributed by atoms with Gasteiger partial charge < -0.3 is 15.0 Å². The van der Waals surface area contributed by atoms with Gasteiger partial charge in [-0.15, -0.1) is 0 Å². The molecule has 1 fully saturated rings. The monoisotopic (exact) mass is 353 g/mol. The first-order valence-electron chi connectivity index (χ1n) is 8.38. The average molecular weight is 353 g/mol. The molecule has 0 unspecified atom stereocenters. The molecule has 3 heterocycles. The largest absolute Gasteiger partial charge is 0.377 e. The van der Waals surface area contributed by atoms with E-state index in [-0.39, 0.29) is 11.9 Å². The Bertz CT molecular complexity index is 955. The van der Waals surface area contributed by atoms with E-state index in [1.54, 1.807) is 30.1 Å². The van der Waals surface area contributed by atoms with Crippen LogP contribution in [0.1, 0.15) is 27.9 Å². The third-order valence-corrected chi connectivity index (χ3v) is 4.38. The maximum atomic E-state index is 13.1. The number of hydrogen-bond acceptors (Lipinski definition) is 7. The SMILES string of the molecule is CNc1cc(C)nc([C@H]2COCCN2C(=O)c2ccc3n[nH]nc3c2)n1. The fourth-order valence-electron chi connectivity index (χ4n) is 3.07. The lowest BCUT2D eigenvalue weighted by Crippen LogP contribution is -2.44. The van der Waals surface area contributed by atoms with Gasteiger partial charge in [0.2, 0.25) is 0 Å². The third-order valence-electron chi connectivity index (χ3n) is 4.38. The zero-order valence-electron chi connectivity index (χ0n) is 14.6. The van der Waals surface area contributed by atoms with Crippen LogP contribution in [-0.4, -0.2) is 63.0 Å². The molecular formula is C17H19N7O2. The lowest BCUT2D eigenvalue weighted by molar-refractivity contribution is -0.00522. The second kappa shape index (κ2) is 6.68. The van der Waals surface area contributed by atoms with Crippen molar-refractivity contribution in [3.8, 4) is 0 Å². The summed E-state index contributed by atoms with van der Waals surface area (Å²) in [5, 5.41) is 13.7. The summed E-state index contributed by atoms with van der Waals surface area (Å²) in [5.74, 6) is 1.19. The van der Waals surface area contributed by atoms with E-state index in [9.17, 15) is 4.79 Å². The van der Waals surface area contributed by atoms with E-state index >= 15 is 0 Å². The Labute approximate surface area is 149 Å². The molecule has 134 valence electrons. The summed E-state index contributed by atoms with van der Waals surface area (Å²) in [4.78, 5) is 23.9. The molecule has 3 aromatic rings. The molecule has 0 saturated carbocycles. The van der Waals surface area contributed by atoms with E-state index < -0.39 is 0 Å². The summed E-state index contributed by atoms with van der Waals surface area (Å²) in [6, 6.07) is 6.80. The Kier molecular flexibility index (Phi) is 4.21. The number of H-pyrrole nitrogens is 1. The molecule has 1 aliphatic rings. The highest BCUT2D eigenvalue weighted by atomic mass is 16.5. The number of benzene rings is 1. The zero-order valence-corrected chi connectivity index (χ0v) is 14.6. The number of aryl methyl sites for hydroxylation is 1. The van der Waals surface area contributed by atoms with E-state index in [1.165, 1.54) is 0 Å². The van der Waals surface area contributed by atoms with E-state index in [2.05, 4.69) is 30.7 Å². The number of aromatic nitrogens is 5. The van der Waals surface area contributed by atoms with Crippen molar-refractivity contribution >= 4 is 22.8 Å². The number of ether oxygens (including phenoxy) is 1. The van der Waals surface area contributed by atoms with Crippen molar-refractivity contribution < 1.29 is 9.53 Å². The fourth-order valence-corrected chi connectivity index (χ4v) is 3.07. The molecule has 26 heavy (non-hydrogen) atoms. The average Bonchev–Trinajstić information content (AvgIpc) is 3.14. The Morgan fingerprint density at radius 1 is 1.27 bits per heavy atom. The van der Waals surface area contributed by atoms with E-state index in [4.69, 9.17) is 4.74 Å². The molecule has 0 aliphatic carbocycles. The maximum Gasteiger partial charge on any atom is 0.254 e. The summed E-state index contributed by atoms with van der Waals surface area (Å²) in [5.41, 5.74) is 2.77. The van der Waals surface area contributed by atoms with Crippen LogP contribution in [-0.2, 0) is 4.74 Å². The molecule has 9 heteroatoms. The second-order valence-electron chi connectivity index (χ2n) is 6.12. The first-order valence-corrected chi connectivity index (χ1v) is 8.38. The van der Waals surface area contributed by atoms with Gasteiger partial charge in [-0.05, 0) is 25.1 Å². The first kappa shape index (κ1) is 16.4. The van der Waals surface area contributed by atoms with Crippen LogP contribution in [0.2, 0.25) is 0 Å². The molecule has 9 nitrogen and oxygen atoms in total. The zero-order chi connectivity index (χ0) is 18.1. The predicted molar refractivity (Wildman–Crippen MR) is 94.8 cm³/mol. The van der Waals surface area contributed by atoms with Gasteiger partial charge in [-0.1, -0.05) is 0 Å². The van der Waals surface area contributed by atoms with Gasteiger partial charge in [-0.3, -0.25) is 4.79 Å². The minimum absolute atomic E-state index is 0.0979. The van der Waals surface area contributed by atoms with Crippen LogP contribution < -0.4 is 5.32 Å². The fraction of sp³-hybridized carbons (Fsp3) is 0.353. The Hall–Kier alpha value is -3.07. The Morgan fingerprint density at radius 3 is 2.96 bits per heavy atom. The lowest BCUT2D eigenvalue weighted by Gasteiger charge is -2.34. The van der Waals surface area contributed by atoms with Crippen LogP contribution in [0, 0.1) is 6.92 Å². The van der Waals surface area contributed by atoms with Gasteiger partial charge in [0.15, 0.2) is 5.82 Å². The summed E-state index contributed by atoms with van der Waals surface area (Å²) >= 11 is 0. The summed E-state index contributed by atoms with van der Waals surface area (Å²) in [6.07, 6.45) is 0. The van der Waals surface area contributed by atoms with Gasteiger partial charge in [0.1, 0.15) is 22.9 Å². The lowest BCUT2D eigenvalue weighted by atomic mass is 10.1. The highest BCUT2D eigenvalue weighted by Crippen LogP contribution is 2.25. The van der Waals surface area contributed by atoms with Crippen LogP contribution >= 0.6 is 0 Å². The molecule has 4 rings (SSSR count). The van der Waals surface area contributed by atoms with E-state index in [0.29, 0.717) is 36.7 Å². The molecule has 1 amide bonds. The topological polar surface area (TPSA) is 109 Å².